The van der Waals surface area contributed by atoms with Crippen molar-refractivity contribution >= 4 is 28.2 Å². The number of aryl methyl sites for hydroxylation is 1. The number of carbonyl (C=O) groups is 1. The van der Waals surface area contributed by atoms with E-state index in [-0.39, 0.29) is 17.6 Å². The number of aromatic nitrogens is 1. The summed E-state index contributed by atoms with van der Waals surface area (Å²) < 4.78 is 12.1. The molecule has 41 heavy (non-hydrogen) atoms. The monoisotopic (exact) mass is 630 g/mol. The van der Waals surface area contributed by atoms with Crippen molar-refractivity contribution < 1.29 is 14.3 Å². The number of alkyl carbamates (subject to hydrolysis) is 1. The van der Waals surface area contributed by atoms with Crippen molar-refractivity contribution in [1.29, 1.82) is 0 Å². The summed E-state index contributed by atoms with van der Waals surface area (Å²) in [6, 6.07) is 2.76. The molecule has 4 atom stereocenters. The van der Waals surface area contributed by atoms with E-state index >= 15 is 0 Å². The third-order valence-electron chi connectivity index (χ3n) is 8.95. The van der Waals surface area contributed by atoms with Gasteiger partial charge < -0.3 is 14.8 Å². The first-order valence-electron chi connectivity index (χ1n) is 15.5. The molecule has 0 aromatic carbocycles. The maximum Gasteiger partial charge on any atom is 0.407 e. The average molecular weight is 632 g/mol. The lowest BCUT2D eigenvalue weighted by molar-refractivity contribution is 0.0440. The van der Waals surface area contributed by atoms with E-state index in [4.69, 9.17) is 19.5 Å². The molecule has 1 fully saturated rings. The van der Waals surface area contributed by atoms with Crippen LogP contribution in [-0.2, 0) is 15.9 Å². The minimum Gasteiger partial charge on any atom is -0.444 e. The van der Waals surface area contributed by atoms with Crippen molar-refractivity contribution in [2.45, 2.75) is 110 Å². The number of nitrogens with zero attached hydrogens (tertiary/aromatic N) is 3. The van der Waals surface area contributed by atoms with Crippen LogP contribution in [-0.4, -0.2) is 73.2 Å². The number of aliphatic imine (C=N–C) groups is 1. The molecule has 4 rings (SSSR count). The van der Waals surface area contributed by atoms with E-state index in [9.17, 15) is 4.79 Å². The summed E-state index contributed by atoms with van der Waals surface area (Å²) >= 11 is 3.69. The largest absolute Gasteiger partial charge is 0.444 e. The number of halogens is 1. The standard InChI is InChI=1S/C33H51BrN4O3/c1-8-26(37-31(39)41-32(2,3)4)20-38-14-13-22(17-27(38)10-9-15-40-7)28-29-24(18-35-21-33(29,5)6)12-11-23-16-25(34)19-36-30(23)28/h16,18-19,22,26-28H,8-15,17,20-21H2,1-7H3,(H,37,39)/t22?,26-,27-,28?/m0/s1. The van der Waals surface area contributed by atoms with Crippen LogP contribution in [0.25, 0.3) is 0 Å². The van der Waals surface area contributed by atoms with E-state index < -0.39 is 5.60 Å². The number of hydrogen-bond acceptors (Lipinski definition) is 6. The molecule has 1 saturated heterocycles. The summed E-state index contributed by atoms with van der Waals surface area (Å²) in [4.78, 5) is 25.1. The molecule has 8 heteroatoms. The second-order valence-corrected chi connectivity index (χ2v) is 14.7. The van der Waals surface area contributed by atoms with Gasteiger partial charge in [0.2, 0.25) is 0 Å². The van der Waals surface area contributed by atoms with Crippen molar-refractivity contribution in [1.82, 2.24) is 15.2 Å². The molecule has 0 radical (unpaired) electrons. The molecule has 3 heterocycles. The number of ether oxygens (including phenoxy) is 2. The molecule has 1 aliphatic carbocycles. The van der Waals surface area contributed by atoms with Gasteiger partial charge in [0, 0.05) is 67.1 Å². The molecule has 1 amide bonds. The lowest BCUT2D eigenvalue weighted by Crippen LogP contribution is -2.51. The van der Waals surface area contributed by atoms with Crippen LogP contribution >= 0.6 is 15.9 Å². The van der Waals surface area contributed by atoms with Crippen LogP contribution < -0.4 is 5.32 Å². The Bertz CT molecular complexity index is 1130. The van der Waals surface area contributed by atoms with E-state index in [2.05, 4.69) is 59.2 Å². The molecule has 7 nitrogen and oxygen atoms in total. The number of pyridine rings is 1. The number of methoxy groups -OCH3 is 1. The number of dihydropyridines is 1. The van der Waals surface area contributed by atoms with Crippen LogP contribution in [0, 0.1) is 11.3 Å². The molecule has 1 aromatic rings. The summed E-state index contributed by atoms with van der Waals surface area (Å²) in [5, 5.41) is 3.14. The first kappa shape index (κ1) is 32.2. The SMILES string of the molecule is CC[C@@H](CN1CCC(C2C3=C(C=NCC3(C)C)CCc3cc(Br)cnc32)C[C@@H]1CCCOC)NC(=O)OC(C)(C)C. The molecular weight excluding hydrogens is 580 g/mol. The van der Waals surface area contributed by atoms with Crippen molar-refractivity contribution in [2.24, 2.45) is 16.3 Å². The molecule has 0 saturated carbocycles. The van der Waals surface area contributed by atoms with Crippen LogP contribution in [0.5, 0.6) is 0 Å². The summed E-state index contributed by atoms with van der Waals surface area (Å²) in [5.41, 5.74) is 5.13. The van der Waals surface area contributed by atoms with Crippen LogP contribution in [0.4, 0.5) is 4.79 Å². The number of fused-ring (bicyclic) bond motifs is 1. The van der Waals surface area contributed by atoms with Gasteiger partial charge in [0.1, 0.15) is 5.60 Å². The van der Waals surface area contributed by atoms with E-state index in [1.807, 2.05) is 27.0 Å². The quantitative estimate of drug-likeness (QED) is 0.295. The lowest BCUT2D eigenvalue weighted by Gasteiger charge is -2.46. The second-order valence-electron chi connectivity index (χ2n) is 13.8. The van der Waals surface area contributed by atoms with Crippen molar-refractivity contribution in [3.63, 3.8) is 0 Å². The van der Waals surface area contributed by atoms with Crippen molar-refractivity contribution in [2.75, 3.05) is 33.4 Å². The van der Waals surface area contributed by atoms with Gasteiger partial charge in [-0.1, -0.05) is 20.8 Å². The number of likely N-dealkylation sites (tertiary alicyclic amines) is 1. The van der Waals surface area contributed by atoms with E-state index in [1.165, 1.54) is 16.8 Å². The van der Waals surface area contributed by atoms with Gasteiger partial charge in [0.25, 0.3) is 0 Å². The number of hydrogen-bond donors (Lipinski definition) is 1. The van der Waals surface area contributed by atoms with E-state index in [1.54, 1.807) is 12.7 Å². The van der Waals surface area contributed by atoms with Gasteiger partial charge in [-0.25, -0.2) is 4.79 Å². The zero-order chi connectivity index (χ0) is 29.8. The van der Waals surface area contributed by atoms with Crippen molar-refractivity contribution in [3.8, 4) is 0 Å². The van der Waals surface area contributed by atoms with Crippen LogP contribution in [0.1, 0.15) is 97.2 Å². The van der Waals surface area contributed by atoms with Gasteiger partial charge >= 0.3 is 6.09 Å². The van der Waals surface area contributed by atoms with Gasteiger partial charge in [-0.3, -0.25) is 14.9 Å². The minimum atomic E-state index is -0.507. The Morgan fingerprint density at radius 3 is 2.78 bits per heavy atom. The predicted molar refractivity (Wildman–Crippen MR) is 170 cm³/mol. The Kier molecular flexibility index (Phi) is 10.7. The third kappa shape index (κ3) is 8.20. The molecule has 1 N–H and O–H groups in total. The maximum atomic E-state index is 12.6. The minimum absolute atomic E-state index is 0.0123. The third-order valence-corrected chi connectivity index (χ3v) is 9.38. The summed E-state index contributed by atoms with van der Waals surface area (Å²) in [5.74, 6) is 0.797. The highest BCUT2D eigenvalue weighted by molar-refractivity contribution is 9.10. The number of nitrogens with one attached hydrogen (secondary N) is 1. The Morgan fingerprint density at radius 2 is 2.07 bits per heavy atom. The molecule has 2 unspecified atom stereocenters. The number of allylic oxidation sites excluding steroid dienone is 1. The Labute approximate surface area is 256 Å². The highest BCUT2D eigenvalue weighted by Gasteiger charge is 2.43. The van der Waals surface area contributed by atoms with Crippen LogP contribution in [0.3, 0.4) is 0 Å². The fourth-order valence-corrected chi connectivity index (χ4v) is 7.48. The zero-order valence-corrected chi connectivity index (χ0v) is 27.8. The van der Waals surface area contributed by atoms with Crippen LogP contribution in [0.2, 0.25) is 0 Å². The smallest absolute Gasteiger partial charge is 0.407 e. The number of amides is 1. The second kappa shape index (κ2) is 13.7. The molecular formula is C33H51BrN4O3. The molecule has 1 aromatic heterocycles. The Balaban J connectivity index is 1.61. The van der Waals surface area contributed by atoms with Gasteiger partial charge in [-0.05, 0) is 117 Å². The van der Waals surface area contributed by atoms with Gasteiger partial charge in [0.05, 0.1) is 5.69 Å². The van der Waals surface area contributed by atoms with E-state index in [0.717, 1.165) is 75.7 Å². The average Bonchev–Trinajstić information content (AvgIpc) is 3.05. The van der Waals surface area contributed by atoms with Gasteiger partial charge in [0.15, 0.2) is 0 Å². The molecule has 2 aliphatic heterocycles. The molecule has 228 valence electrons. The molecule has 3 aliphatic rings. The fourth-order valence-electron chi connectivity index (χ4n) is 7.10. The molecule has 0 spiro atoms. The maximum absolute atomic E-state index is 12.6. The first-order valence-corrected chi connectivity index (χ1v) is 16.3. The normalized spacial score (nSPS) is 25.2. The highest BCUT2D eigenvalue weighted by atomic mass is 79.9. The lowest BCUT2D eigenvalue weighted by atomic mass is 9.65. The topological polar surface area (TPSA) is 76.0 Å². The Morgan fingerprint density at radius 1 is 1.29 bits per heavy atom. The van der Waals surface area contributed by atoms with Gasteiger partial charge in [-0.2, -0.15) is 0 Å². The van der Waals surface area contributed by atoms with Crippen molar-refractivity contribution in [3.05, 3.63) is 39.1 Å². The highest BCUT2D eigenvalue weighted by Crippen LogP contribution is 2.51. The number of piperidine rings is 1. The zero-order valence-electron chi connectivity index (χ0n) is 26.3. The van der Waals surface area contributed by atoms with Crippen LogP contribution in [0.15, 0.2) is 32.9 Å². The number of carbonyl (C=O) groups excluding carboxylic acids is 1. The summed E-state index contributed by atoms with van der Waals surface area (Å²) in [6.45, 7) is 16.0. The number of rotatable bonds is 9. The predicted octanol–water partition coefficient (Wildman–Crippen LogP) is 7.09. The first-order chi connectivity index (χ1) is 19.4. The molecule has 0 bridgehead atoms. The summed E-state index contributed by atoms with van der Waals surface area (Å²) in [7, 11) is 1.78. The summed E-state index contributed by atoms with van der Waals surface area (Å²) in [6.07, 6.45) is 11.0. The Hall–Kier alpha value is -1.77. The van der Waals surface area contributed by atoms with E-state index in [0.29, 0.717) is 17.9 Å². The fraction of sp³-hybridized carbons (Fsp3) is 0.727. The van der Waals surface area contributed by atoms with Gasteiger partial charge in [-0.15, -0.1) is 0 Å².